The normalized spacial score (nSPS) is 17.4. The molecule has 3 aromatic rings. The number of ether oxygens (including phenoxy) is 2. The van der Waals surface area contributed by atoms with Crippen LogP contribution in [0.15, 0.2) is 71.7 Å². The van der Waals surface area contributed by atoms with Crippen LogP contribution in [-0.2, 0) is 11.3 Å². The van der Waals surface area contributed by atoms with Crippen LogP contribution in [0.1, 0.15) is 28.8 Å². The minimum atomic E-state index is -2.98. The third kappa shape index (κ3) is 5.07. The summed E-state index contributed by atoms with van der Waals surface area (Å²) >= 11 is 0. The standard InChI is InChI=1S/C26H25F2N3O5/c1-3-30-14-4-5-21(24(30)33)31-15-20(16-6-10-18(35-2)11-7-16)22(25(31)34)29-23(32)17-8-12-19(13-9-17)36-26(27)28/h4-14,20,22,26H,3,15H2,1-2H3,(H,29,32)/t20-,22-/m0/s1. The van der Waals surface area contributed by atoms with Crippen LogP contribution in [0.3, 0.4) is 0 Å². The molecule has 4 rings (SSSR count). The first-order valence-electron chi connectivity index (χ1n) is 11.3. The molecule has 2 amide bonds. The Balaban J connectivity index is 1.65. The minimum absolute atomic E-state index is 0.0861. The van der Waals surface area contributed by atoms with Crippen LogP contribution in [0, 0.1) is 0 Å². The van der Waals surface area contributed by atoms with E-state index < -0.39 is 30.4 Å². The maximum Gasteiger partial charge on any atom is 0.387 e. The molecule has 1 fully saturated rings. The van der Waals surface area contributed by atoms with Crippen LogP contribution in [0.4, 0.5) is 14.5 Å². The number of nitrogens with one attached hydrogen (secondary N) is 1. The fourth-order valence-electron chi connectivity index (χ4n) is 4.25. The lowest BCUT2D eigenvalue weighted by Gasteiger charge is -2.19. The first-order chi connectivity index (χ1) is 17.3. The van der Waals surface area contributed by atoms with E-state index in [0.717, 1.165) is 5.56 Å². The van der Waals surface area contributed by atoms with E-state index in [1.54, 1.807) is 37.6 Å². The SMILES string of the molecule is CCn1cccc(N2C[C@@H](c3ccc(OC)cc3)[C@H](NC(=O)c3ccc(OC(F)F)cc3)C2=O)c1=O. The summed E-state index contributed by atoms with van der Waals surface area (Å²) in [5.41, 5.74) is 0.880. The van der Waals surface area contributed by atoms with Crippen molar-refractivity contribution in [3.05, 3.63) is 88.3 Å². The molecule has 0 saturated carbocycles. The quantitative estimate of drug-likeness (QED) is 0.515. The molecule has 0 bridgehead atoms. The molecule has 1 N–H and O–H groups in total. The van der Waals surface area contributed by atoms with E-state index in [1.165, 1.54) is 33.7 Å². The summed E-state index contributed by atoms with van der Waals surface area (Å²) in [6.07, 6.45) is 1.65. The van der Waals surface area contributed by atoms with Gasteiger partial charge in [0, 0.05) is 30.8 Å². The fourth-order valence-corrected chi connectivity index (χ4v) is 4.25. The van der Waals surface area contributed by atoms with Crippen molar-refractivity contribution in [1.29, 1.82) is 0 Å². The van der Waals surface area contributed by atoms with E-state index in [0.29, 0.717) is 12.3 Å². The Labute approximate surface area is 206 Å². The highest BCUT2D eigenvalue weighted by Crippen LogP contribution is 2.32. The molecule has 2 heterocycles. The van der Waals surface area contributed by atoms with Crippen molar-refractivity contribution in [3.63, 3.8) is 0 Å². The summed E-state index contributed by atoms with van der Waals surface area (Å²) in [5.74, 6) is -0.884. The smallest absolute Gasteiger partial charge is 0.387 e. The number of halogens is 2. The average molecular weight is 497 g/mol. The van der Waals surface area contributed by atoms with Gasteiger partial charge in [-0.2, -0.15) is 8.78 Å². The van der Waals surface area contributed by atoms with Gasteiger partial charge < -0.3 is 24.3 Å². The van der Waals surface area contributed by atoms with Gasteiger partial charge in [-0.15, -0.1) is 0 Å². The highest BCUT2D eigenvalue weighted by Gasteiger charge is 2.43. The Morgan fingerprint density at radius 2 is 1.72 bits per heavy atom. The van der Waals surface area contributed by atoms with E-state index in [9.17, 15) is 23.2 Å². The van der Waals surface area contributed by atoms with Crippen LogP contribution >= 0.6 is 0 Å². The first kappa shape index (κ1) is 24.9. The van der Waals surface area contributed by atoms with E-state index in [1.807, 2.05) is 19.1 Å². The average Bonchev–Trinajstić information content (AvgIpc) is 3.19. The molecular formula is C26H25F2N3O5. The molecule has 1 aromatic heterocycles. The van der Waals surface area contributed by atoms with Crippen molar-refractivity contribution >= 4 is 17.5 Å². The van der Waals surface area contributed by atoms with Gasteiger partial charge >= 0.3 is 6.61 Å². The van der Waals surface area contributed by atoms with Crippen LogP contribution in [-0.4, -0.2) is 42.7 Å². The number of anilines is 1. The molecule has 0 spiro atoms. The van der Waals surface area contributed by atoms with Crippen molar-refractivity contribution in [2.45, 2.75) is 32.0 Å². The highest BCUT2D eigenvalue weighted by molar-refractivity contribution is 6.05. The first-order valence-corrected chi connectivity index (χ1v) is 11.3. The number of carbonyl (C=O) groups excluding carboxylic acids is 2. The predicted molar refractivity (Wildman–Crippen MR) is 129 cm³/mol. The molecule has 1 aliphatic rings. The number of aryl methyl sites for hydroxylation is 1. The number of alkyl halides is 2. The molecule has 0 unspecified atom stereocenters. The van der Waals surface area contributed by atoms with E-state index in [4.69, 9.17) is 4.74 Å². The van der Waals surface area contributed by atoms with Gasteiger partial charge in [-0.05, 0) is 61.0 Å². The van der Waals surface area contributed by atoms with Crippen molar-refractivity contribution in [2.24, 2.45) is 0 Å². The van der Waals surface area contributed by atoms with Crippen molar-refractivity contribution in [2.75, 3.05) is 18.6 Å². The Bertz CT molecular complexity index is 1290. The number of rotatable bonds is 8. The van der Waals surface area contributed by atoms with Gasteiger partial charge in [0.2, 0.25) is 5.91 Å². The molecule has 0 radical (unpaired) electrons. The third-order valence-electron chi connectivity index (χ3n) is 6.12. The predicted octanol–water partition coefficient (Wildman–Crippen LogP) is 3.41. The second-order valence-corrected chi connectivity index (χ2v) is 8.17. The Morgan fingerprint density at radius 1 is 1.06 bits per heavy atom. The summed E-state index contributed by atoms with van der Waals surface area (Å²) in [5, 5.41) is 2.77. The summed E-state index contributed by atoms with van der Waals surface area (Å²) in [4.78, 5) is 40.9. The molecular weight excluding hydrogens is 472 g/mol. The lowest BCUT2D eigenvalue weighted by molar-refractivity contribution is -0.118. The number of amides is 2. The monoisotopic (exact) mass is 497 g/mol. The van der Waals surface area contributed by atoms with Gasteiger partial charge in [0.15, 0.2) is 0 Å². The van der Waals surface area contributed by atoms with Crippen LogP contribution in [0.25, 0.3) is 0 Å². The van der Waals surface area contributed by atoms with Gasteiger partial charge in [0.25, 0.3) is 11.5 Å². The number of hydrogen-bond acceptors (Lipinski definition) is 5. The van der Waals surface area contributed by atoms with Gasteiger partial charge in [-0.3, -0.25) is 14.4 Å². The number of nitrogens with zero attached hydrogens (tertiary/aromatic N) is 2. The second kappa shape index (κ2) is 10.6. The highest BCUT2D eigenvalue weighted by atomic mass is 19.3. The van der Waals surface area contributed by atoms with Crippen molar-refractivity contribution in [1.82, 2.24) is 9.88 Å². The Hall–Kier alpha value is -4.21. The molecule has 2 atom stereocenters. The van der Waals surface area contributed by atoms with Crippen LogP contribution < -0.4 is 25.2 Å². The van der Waals surface area contributed by atoms with Crippen molar-refractivity contribution < 1.29 is 27.8 Å². The molecule has 188 valence electrons. The molecule has 1 aliphatic heterocycles. The number of hydrogen-bond donors (Lipinski definition) is 1. The van der Waals surface area contributed by atoms with Gasteiger partial charge in [0.1, 0.15) is 23.2 Å². The number of pyridine rings is 1. The Kier molecular flexibility index (Phi) is 7.33. The van der Waals surface area contributed by atoms with E-state index >= 15 is 0 Å². The maximum atomic E-state index is 13.5. The zero-order valence-electron chi connectivity index (χ0n) is 19.7. The maximum absolute atomic E-state index is 13.5. The summed E-state index contributed by atoms with van der Waals surface area (Å²) in [6, 6.07) is 14.6. The van der Waals surface area contributed by atoms with Crippen molar-refractivity contribution in [3.8, 4) is 11.5 Å². The number of carbonyl (C=O) groups is 2. The second-order valence-electron chi connectivity index (χ2n) is 8.17. The molecule has 0 aliphatic carbocycles. The molecule has 36 heavy (non-hydrogen) atoms. The summed E-state index contributed by atoms with van der Waals surface area (Å²) in [7, 11) is 1.55. The van der Waals surface area contributed by atoms with Crippen LogP contribution in [0.5, 0.6) is 11.5 Å². The molecule has 8 nitrogen and oxygen atoms in total. The van der Waals surface area contributed by atoms with Gasteiger partial charge in [0.05, 0.1) is 7.11 Å². The van der Waals surface area contributed by atoms with Gasteiger partial charge in [-0.25, -0.2) is 0 Å². The lowest BCUT2D eigenvalue weighted by Crippen LogP contribution is -2.44. The topological polar surface area (TPSA) is 89.9 Å². The molecule has 10 heteroatoms. The third-order valence-corrected chi connectivity index (χ3v) is 6.12. The lowest BCUT2D eigenvalue weighted by atomic mass is 9.93. The number of aromatic nitrogens is 1. The molecule has 1 saturated heterocycles. The minimum Gasteiger partial charge on any atom is -0.497 e. The summed E-state index contributed by atoms with van der Waals surface area (Å²) in [6.45, 7) is -0.521. The number of methoxy groups -OCH3 is 1. The fraction of sp³-hybridized carbons (Fsp3) is 0.269. The molecule has 2 aromatic carbocycles. The van der Waals surface area contributed by atoms with Gasteiger partial charge in [-0.1, -0.05) is 12.1 Å². The Morgan fingerprint density at radius 3 is 2.33 bits per heavy atom. The zero-order chi connectivity index (χ0) is 25.8. The van der Waals surface area contributed by atoms with E-state index in [2.05, 4.69) is 10.1 Å². The van der Waals surface area contributed by atoms with E-state index in [-0.39, 0.29) is 29.1 Å². The zero-order valence-corrected chi connectivity index (χ0v) is 19.7. The number of benzene rings is 2. The summed E-state index contributed by atoms with van der Waals surface area (Å²) < 4.78 is 35.9. The van der Waals surface area contributed by atoms with Crippen LogP contribution in [0.2, 0.25) is 0 Å². The largest absolute Gasteiger partial charge is 0.497 e.